The number of piperidine rings is 1. The van der Waals surface area contributed by atoms with Crippen LogP contribution < -0.4 is 11.1 Å². The summed E-state index contributed by atoms with van der Waals surface area (Å²) in [6.45, 7) is 2.17. The van der Waals surface area contributed by atoms with Crippen molar-refractivity contribution in [2.24, 2.45) is 17.6 Å². The number of aromatic nitrogens is 1. The molecule has 3 N–H and O–H groups in total. The fourth-order valence-electron chi connectivity index (χ4n) is 5.81. The lowest BCUT2D eigenvalue weighted by Gasteiger charge is -2.43. The van der Waals surface area contributed by atoms with Gasteiger partial charge in [-0.1, -0.05) is 0 Å². The van der Waals surface area contributed by atoms with Gasteiger partial charge in [-0.05, 0) is 93.3 Å². The molecule has 40 heavy (non-hydrogen) atoms. The number of pyridine rings is 1. The van der Waals surface area contributed by atoms with Crippen LogP contribution in [0.2, 0.25) is 0 Å². The van der Waals surface area contributed by atoms with Gasteiger partial charge in [-0.15, -0.1) is 0 Å². The maximum absolute atomic E-state index is 13.7. The zero-order valence-corrected chi connectivity index (χ0v) is 23.1. The topological polar surface area (TPSA) is 118 Å². The fourth-order valence-corrected chi connectivity index (χ4v) is 5.81. The molecule has 2 fully saturated rings. The van der Waals surface area contributed by atoms with E-state index in [2.05, 4.69) is 10.3 Å². The SMILES string of the molecule is COCCN(C(=O)c1ccc(F)cc1)C1CCN(C(=O)c2cccnc2)[C@@H](C(=O)NCC2CCC(CN)CC2)C1. The van der Waals surface area contributed by atoms with Crippen LogP contribution in [0.5, 0.6) is 0 Å². The van der Waals surface area contributed by atoms with E-state index < -0.39 is 11.9 Å². The summed E-state index contributed by atoms with van der Waals surface area (Å²) in [5, 5.41) is 3.11. The molecule has 3 amide bonds. The number of likely N-dealkylation sites (tertiary alicyclic amines) is 1. The fraction of sp³-hybridized carbons (Fsp3) is 0.533. The van der Waals surface area contributed by atoms with Crippen LogP contribution in [0.1, 0.15) is 59.2 Å². The second kappa shape index (κ2) is 14.3. The van der Waals surface area contributed by atoms with Gasteiger partial charge in [0.2, 0.25) is 5.91 Å². The van der Waals surface area contributed by atoms with Crippen LogP contribution in [0.4, 0.5) is 4.39 Å². The third-order valence-corrected chi connectivity index (χ3v) is 8.24. The molecule has 2 atom stereocenters. The molecule has 1 aliphatic carbocycles. The lowest BCUT2D eigenvalue weighted by Crippen LogP contribution is -2.58. The minimum atomic E-state index is -0.752. The lowest BCUT2D eigenvalue weighted by molar-refractivity contribution is -0.127. The van der Waals surface area contributed by atoms with Crippen LogP contribution in [0.3, 0.4) is 0 Å². The number of benzene rings is 1. The second-order valence-corrected chi connectivity index (χ2v) is 10.8. The van der Waals surface area contributed by atoms with Crippen molar-refractivity contribution in [2.75, 3.05) is 39.9 Å². The van der Waals surface area contributed by atoms with Crippen molar-refractivity contribution in [3.8, 4) is 0 Å². The molecule has 1 aliphatic heterocycles. The van der Waals surface area contributed by atoms with Gasteiger partial charge in [0, 0.05) is 50.7 Å². The number of hydrogen-bond acceptors (Lipinski definition) is 6. The largest absolute Gasteiger partial charge is 0.383 e. The number of carbonyl (C=O) groups is 3. The molecule has 10 heteroatoms. The van der Waals surface area contributed by atoms with E-state index in [1.165, 1.54) is 30.5 Å². The van der Waals surface area contributed by atoms with Gasteiger partial charge < -0.3 is 25.6 Å². The number of nitrogens with one attached hydrogen (secondary N) is 1. The van der Waals surface area contributed by atoms with Crippen LogP contribution in [0, 0.1) is 17.7 Å². The van der Waals surface area contributed by atoms with Crippen molar-refractivity contribution in [3.63, 3.8) is 0 Å². The minimum absolute atomic E-state index is 0.219. The molecule has 0 radical (unpaired) electrons. The summed E-state index contributed by atoms with van der Waals surface area (Å²) in [5.41, 5.74) is 6.60. The third-order valence-electron chi connectivity index (χ3n) is 8.24. The molecule has 2 aliphatic rings. The number of methoxy groups -OCH3 is 1. The smallest absolute Gasteiger partial charge is 0.256 e. The molecule has 1 saturated heterocycles. The van der Waals surface area contributed by atoms with Crippen LogP contribution in [-0.4, -0.2) is 84.5 Å². The molecular weight excluding hydrogens is 513 g/mol. The van der Waals surface area contributed by atoms with Gasteiger partial charge in [-0.25, -0.2) is 4.39 Å². The summed E-state index contributed by atoms with van der Waals surface area (Å²) in [4.78, 5) is 48.0. The van der Waals surface area contributed by atoms with Crippen molar-refractivity contribution in [1.82, 2.24) is 20.1 Å². The molecule has 1 saturated carbocycles. The van der Waals surface area contributed by atoms with Crippen LogP contribution in [0.15, 0.2) is 48.8 Å². The van der Waals surface area contributed by atoms with Gasteiger partial charge in [-0.3, -0.25) is 19.4 Å². The molecular formula is C30H40FN5O4. The first kappa shape index (κ1) is 29.6. The van der Waals surface area contributed by atoms with E-state index in [-0.39, 0.29) is 30.2 Å². The Balaban J connectivity index is 1.52. The first-order chi connectivity index (χ1) is 19.4. The van der Waals surface area contributed by atoms with E-state index in [1.54, 1.807) is 35.2 Å². The van der Waals surface area contributed by atoms with Gasteiger partial charge in [0.25, 0.3) is 11.8 Å². The first-order valence-corrected chi connectivity index (χ1v) is 14.2. The number of amides is 3. The standard InChI is InChI=1S/C30H40FN5O4/c1-40-16-15-35(29(38)23-8-10-25(31)11-9-23)26-12-14-36(30(39)24-3-2-13-33-20-24)27(17-26)28(37)34-19-22-6-4-21(18-32)5-7-22/h2-3,8-11,13,20-22,26-27H,4-7,12,14-19,32H2,1H3,(H,34,37)/t21?,22?,26?,27-/m1/s1. The highest BCUT2D eigenvalue weighted by Crippen LogP contribution is 2.29. The molecule has 2 heterocycles. The Kier molecular flexibility index (Phi) is 10.6. The molecule has 4 rings (SSSR count). The summed E-state index contributed by atoms with van der Waals surface area (Å²) in [5.74, 6) is -0.227. The first-order valence-electron chi connectivity index (χ1n) is 14.2. The van der Waals surface area contributed by atoms with Gasteiger partial charge in [0.15, 0.2) is 0 Å². The summed E-state index contributed by atoms with van der Waals surface area (Å²) >= 11 is 0. The summed E-state index contributed by atoms with van der Waals surface area (Å²) < 4.78 is 18.8. The molecule has 216 valence electrons. The predicted molar refractivity (Wildman–Crippen MR) is 149 cm³/mol. The normalized spacial score (nSPS) is 22.9. The number of hydrogen-bond donors (Lipinski definition) is 2. The maximum Gasteiger partial charge on any atom is 0.256 e. The molecule has 0 bridgehead atoms. The number of nitrogens with zero attached hydrogens (tertiary/aromatic N) is 3. The Morgan fingerprint density at radius 1 is 1.07 bits per heavy atom. The van der Waals surface area contributed by atoms with Gasteiger partial charge in [-0.2, -0.15) is 0 Å². The average molecular weight is 554 g/mol. The van der Waals surface area contributed by atoms with Gasteiger partial charge in [0.1, 0.15) is 11.9 Å². The van der Waals surface area contributed by atoms with E-state index in [0.29, 0.717) is 62.2 Å². The second-order valence-electron chi connectivity index (χ2n) is 10.8. The summed E-state index contributed by atoms with van der Waals surface area (Å²) in [6.07, 6.45) is 8.05. The van der Waals surface area contributed by atoms with Crippen LogP contribution in [0.25, 0.3) is 0 Å². The third kappa shape index (κ3) is 7.42. The average Bonchev–Trinajstić information content (AvgIpc) is 3.00. The Morgan fingerprint density at radius 2 is 1.80 bits per heavy atom. The monoisotopic (exact) mass is 553 g/mol. The Bertz CT molecular complexity index is 1120. The van der Waals surface area contributed by atoms with Crippen molar-refractivity contribution in [1.29, 1.82) is 0 Å². The quantitative estimate of drug-likeness (QED) is 0.467. The summed E-state index contributed by atoms with van der Waals surface area (Å²) in [6, 6.07) is 7.77. The molecule has 0 spiro atoms. The van der Waals surface area contributed by atoms with Crippen LogP contribution >= 0.6 is 0 Å². The predicted octanol–water partition coefficient (Wildman–Crippen LogP) is 2.86. The van der Waals surface area contributed by atoms with Gasteiger partial charge in [0.05, 0.1) is 12.2 Å². The number of rotatable bonds is 10. The van der Waals surface area contributed by atoms with Crippen molar-refractivity contribution in [2.45, 2.75) is 50.6 Å². The highest BCUT2D eigenvalue weighted by molar-refractivity contribution is 5.98. The number of ether oxygens (including phenoxy) is 1. The molecule has 1 aromatic heterocycles. The minimum Gasteiger partial charge on any atom is -0.383 e. The number of carbonyl (C=O) groups excluding carboxylic acids is 3. The van der Waals surface area contributed by atoms with Crippen molar-refractivity contribution >= 4 is 17.7 Å². The van der Waals surface area contributed by atoms with E-state index in [9.17, 15) is 18.8 Å². The Hall–Kier alpha value is -3.37. The van der Waals surface area contributed by atoms with E-state index in [1.807, 2.05) is 0 Å². The maximum atomic E-state index is 13.7. The van der Waals surface area contributed by atoms with E-state index in [0.717, 1.165) is 25.7 Å². The lowest BCUT2D eigenvalue weighted by atomic mass is 9.82. The van der Waals surface area contributed by atoms with Crippen LogP contribution in [-0.2, 0) is 9.53 Å². The zero-order chi connectivity index (χ0) is 28.5. The zero-order valence-electron chi connectivity index (χ0n) is 23.1. The molecule has 9 nitrogen and oxygen atoms in total. The van der Waals surface area contributed by atoms with Gasteiger partial charge >= 0.3 is 0 Å². The van der Waals surface area contributed by atoms with Crippen molar-refractivity contribution < 1.29 is 23.5 Å². The van der Waals surface area contributed by atoms with Crippen molar-refractivity contribution in [3.05, 3.63) is 65.7 Å². The molecule has 1 aromatic carbocycles. The van der Waals surface area contributed by atoms with E-state index in [4.69, 9.17) is 10.5 Å². The number of nitrogens with two attached hydrogens (primary N) is 1. The van der Waals surface area contributed by atoms with E-state index >= 15 is 0 Å². The molecule has 1 unspecified atom stereocenters. The summed E-state index contributed by atoms with van der Waals surface area (Å²) in [7, 11) is 1.56. The highest BCUT2D eigenvalue weighted by Gasteiger charge is 2.40. The Labute approximate surface area is 235 Å². The molecule has 2 aromatic rings. The number of halogens is 1. The highest BCUT2D eigenvalue weighted by atomic mass is 19.1. The Morgan fingerprint density at radius 3 is 2.45 bits per heavy atom.